The maximum absolute atomic E-state index is 12.6. The molecule has 0 aliphatic carbocycles. The Bertz CT molecular complexity index is 419. The molecule has 0 amide bonds. The van der Waals surface area contributed by atoms with E-state index in [0.29, 0.717) is 12.0 Å². The SMILES string of the molecule is CCc1cc(C)c(C(F)(F)F)cc1C(C)=O. The quantitative estimate of drug-likeness (QED) is 0.706. The highest BCUT2D eigenvalue weighted by Gasteiger charge is 2.33. The molecule has 16 heavy (non-hydrogen) atoms. The van der Waals surface area contributed by atoms with E-state index in [2.05, 4.69) is 0 Å². The Morgan fingerprint density at radius 1 is 1.31 bits per heavy atom. The molecule has 1 aromatic rings. The summed E-state index contributed by atoms with van der Waals surface area (Å²) in [5, 5.41) is 0. The van der Waals surface area contributed by atoms with Crippen LogP contribution >= 0.6 is 0 Å². The number of benzene rings is 1. The summed E-state index contributed by atoms with van der Waals surface area (Å²) in [7, 11) is 0. The average Bonchev–Trinajstić information content (AvgIpc) is 2.14. The summed E-state index contributed by atoms with van der Waals surface area (Å²) < 4.78 is 37.8. The first kappa shape index (κ1) is 12.7. The smallest absolute Gasteiger partial charge is 0.295 e. The normalized spacial score (nSPS) is 11.6. The highest BCUT2D eigenvalue weighted by Crippen LogP contribution is 2.33. The van der Waals surface area contributed by atoms with Crippen LogP contribution in [0.15, 0.2) is 12.1 Å². The van der Waals surface area contributed by atoms with E-state index in [4.69, 9.17) is 0 Å². The van der Waals surface area contributed by atoms with Crippen molar-refractivity contribution in [2.75, 3.05) is 0 Å². The number of carbonyl (C=O) groups is 1. The monoisotopic (exact) mass is 230 g/mol. The second kappa shape index (κ2) is 4.28. The lowest BCUT2D eigenvalue weighted by molar-refractivity contribution is -0.138. The number of Topliss-reactive ketones (excluding diaryl/α,β-unsaturated/α-hetero) is 1. The molecule has 0 radical (unpaired) electrons. The van der Waals surface area contributed by atoms with Crippen molar-refractivity contribution >= 4 is 5.78 Å². The number of carbonyl (C=O) groups excluding carboxylic acids is 1. The molecule has 0 atom stereocenters. The van der Waals surface area contributed by atoms with Crippen LogP contribution in [0.3, 0.4) is 0 Å². The van der Waals surface area contributed by atoms with Crippen LogP contribution in [0.1, 0.15) is 40.9 Å². The standard InChI is InChI=1S/C12H13F3O/c1-4-9-5-7(2)11(12(13,14)15)6-10(9)8(3)16/h5-6H,4H2,1-3H3. The molecule has 0 aliphatic rings. The number of halogens is 3. The van der Waals surface area contributed by atoms with Crippen LogP contribution in [0.5, 0.6) is 0 Å². The van der Waals surface area contributed by atoms with E-state index in [1.165, 1.54) is 19.9 Å². The van der Waals surface area contributed by atoms with Crippen LogP contribution in [0.25, 0.3) is 0 Å². The molecule has 0 heterocycles. The molecule has 0 aromatic heterocycles. The Hall–Kier alpha value is -1.32. The molecule has 0 unspecified atom stereocenters. The van der Waals surface area contributed by atoms with Crippen LogP contribution in [-0.4, -0.2) is 5.78 Å². The van der Waals surface area contributed by atoms with Crippen LogP contribution < -0.4 is 0 Å². The highest BCUT2D eigenvalue weighted by atomic mass is 19.4. The number of alkyl halides is 3. The third kappa shape index (κ3) is 2.43. The minimum absolute atomic E-state index is 0.161. The van der Waals surface area contributed by atoms with Gasteiger partial charge in [-0.25, -0.2) is 0 Å². The van der Waals surface area contributed by atoms with Gasteiger partial charge in [0.15, 0.2) is 5.78 Å². The van der Waals surface area contributed by atoms with Crippen molar-refractivity contribution in [2.45, 2.75) is 33.4 Å². The molecule has 1 nitrogen and oxygen atoms in total. The zero-order valence-electron chi connectivity index (χ0n) is 9.40. The van der Waals surface area contributed by atoms with Crippen molar-refractivity contribution in [3.63, 3.8) is 0 Å². The minimum atomic E-state index is -4.40. The summed E-state index contributed by atoms with van der Waals surface area (Å²) >= 11 is 0. The van der Waals surface area contributed by atoms with Crippen molar-refractivity contribution in [1.82, 2.24) is 0 Å². The van der Waals surface area contributed by atoms with Crippen molar-refractivity contribution in [1.29, 1.82) is 0 Å². The third-order valence-electron chi connectivity index (χ3n) is 2.52. The van der Waals surface area contributed by atoms with Gasteiger partial charge in [-0.2, -0.15) is 13.2 Å². The van der Waals surface area contributed by atoms with E-state index in [9.17, 15) is 18.0 Å². The third-order valence-corrected chi connectivity index (χ3v) is 2.52. The van der Waals surface area contributed by atoms with Gasteiger partial charge in [0.25, 0.3) is 0 Å². The van der Waals surface area contributed by atoms with Gasteiger partial charge < -0.3 is 0 Å². The molecule has 4 heteroatoms. The highest BCUT2D eigenvalue weighted by molar-refractivity contribution is 5.96. The lowest BCUT2D eigenvalue weighted by Crippen LogP contribution is -2.11. The van der Waals surface area contributed by atoms with Gasteiger partial charge in [-0.15, -0.1) is 0 Å². The van der Waals surface area contributed by atoms with Gasteiger partial charge in [-0.1, -0.05) is 13.0 Å². The fraction of sp³-hybridized carbons (Fsp3) is 0.417. The van der Waals surface area contributed by atoms with E-state index in [0.717, 1.165) is 6.07 Å². The largest absolute Gasteiger partial charge is 0.416 e. The zero-order valence-corrected chi connectivity index (χ0v) is 9.40. The molecule has 1 aromatic carbocycles. The van der Waals surface area contributed by atoms with Crippen LogP contribution in [0.4, 0.5) is 13.2 Å². The molecular formula is C12H13F3O. The van der Waals surface area contributed by atoms with E-state index in [1.807, 2.05) is 6.92 Å². The summed E-state index contributed by atoms with van der Waals surface area (Å²) in [4.78, 5) is 11.2. The summed E-state index contributed by atoms with van der Waals surface area (Å²) in [6.07, 6.45) is -3.85. The number of aryl methyl sites for hydroxylation is 2. The minimum Gasteiger partial charge on any atom is -0.295 e. The first-order chi connectivity index (χ1) is 7.27. The molecule has 88 valence electrons. The molecule has 0 bridgehead atoms. The summed E-state index contributed by atoms with van der Waals surface area (Å²) in [5.41, 5.74) is 0.266. The Balaban J connectivity index is 3.45. The molecule has 0 spiro atoms. The summed E-state index contributed by atoms with van der Waals surface area (Å²) in [6.45, 7) is 4.50. The number of hydrogen-bond donors (Lipinski definition) is 0. The van der Waals surface area contributed by atoms with E-state index in [-0.39, 0.29) is 16.9 Å². The Labute approximate surface area is 92.3 Å². The van der Waals surface area contributed by atoms with Crippen LogP contribution in [-0.2, 0) is 12.6 Å². The van der Waals surface area contributed by atoms with Gasteiger partial charge in [-0.3, -0.25) is 4.79 Å². The van der Waals surface area contributed by atoms with E-state index in [1.54, 1.807) is 0 Å². The average molecular weight is 230 g/mol. The van der Waals surface area contributed by atoms with Crippen molar-refractivity contribution < 1.29 is 18.0 Å². The lowest BCUT2D eigenvalue weighted by atomic mass is 9.95. The Kier molecular flexibility index (Phi) is 3.41. The predicted molar refractivity (Wildman–Crippen MR) is 55.6 cm³/mol. The van der Waals surface area contributed by atoms with Gasteiger partial charge in [0, 0.05) is 5.56 Å². The summed E-state index contributed by atoms with van der Waals surface area (Å²) in [6, 6.07) is 2.40. The van der Waals surface area contributed by atoms with Gasteiger partial charge in [0.05, 0.1) is 5.56 Å². The maximum Gasteiger partial charge on any atom is 0.416 e. The first-order valence-electron chi connectivity index (χ1n) is 4.99. The fourth-order valence-corrected chi connectivity index (χ4v) is 1.69. The molecule has 1 rings (SSSR count). The number of hydrogen-bond acceptors (Lipinski definition) is 1. The van der Waals surface area contributed by atoms with E-state index >= 15 is 0 Å². The Morgan fingerprint density at radius 3 is 2.25 bits per heavy atom. The van der Waals surface area contributed by atoms with Crippen molar-refractivity contribution in [2.24, 2.45) is 0 Å². The lowest BCUT2D eigenvalue weighted by Gasteiger charge is -2.14. The van der Waals surface area contributed by atoms with Gasteiger partial charge in [-0.05, 0) is 37.5 Å². The number of rotatable bonds is 2. The second-order valence-electron chi connectivity index (χ2n) is 3.73. The van der Waals surface area contributed by atoms with Gasteiger partial charge >= 0.3 is 6.18 Å². The van der Waals surface area contributed by atoms with Crippen LogP contribution in [0.2, 0.25) is 0 Å². The van der Waals surface area contributed by atoms with Crippen molar-refractivity contribution in [3.05, 3.63) is 34.4 Å². The molecule has 0 N–H and O–H groups in total. The molecule has 0 saturated heterocycles. The second-order valence-corrected chi connectivity index (χ2v) is 3.73. The predicted octanol–water partition coefficient (Wildman–Crippen LogP) is 3.78. The first-order valence-corrected chi connectivity index (χ1v) is 4.99. The molecule has 0 fully saturated rings. The molecule has 0 aliphatic heterocycles. The van der Waals surface area contributed by atoms with Gasteiger partial charge in [0.1, 0.15) is 0 Å². The van der Waals surface area contributed by atoms with Crippen LogP contribution in [0, 0.1) is 6.92 Å². The Morgan fingerprint density at radius 2 is 1.88 bits per heavy atom. The van der Waals surface area contributed by atoms with E-state index < -0.39 is 11.7 Å². The fourth-order valence-electron chi connectivity index (χ4n) is 1.69. The maximum atomic E-state index is 12.6. The van der Waals surface area contributed by atoms with Gasteiger partial charge in [0.2, 0.25) is 0 Å². The number of ketones is 1. The zero-order chi connectivity index (χ0) is 12.5. The molecular weight excluding hydrogens is 217 g/mol. The van der Waals surface area contributed by atoms with Crippen molar-refractivity contribution in [3.8, 4) is 0 Å². The molecule has 0 saturated carbocycles. The topological polar surface area (TPSA) is 17.1 Å². The summed E-state index contributed by atoms with van der Waals surface area (Å²) in [5.74, 6) is -0.331.